The number of aryl methyl sites for hydroxylation is 2. The molecule has 0 saturated carbocycles. The van der Waals surface area contributed by atoms with Crippen LogP contribution >= 0.6 is 11.6 Å². The fourth-order valence-corrected chi connectivity index (χ4v) is 3.18. The molecule has 0 bridgehead atoms. The van der Waals surface area contributed by atoms with E-state index in [-0.39, 0.29) is 0 Å². The Morgan fingerprint density at radius 3 is 2.45 bits per heavy atom. The number of rotatable bonds is 8. The summed E-state index contributed by atoms with van der Waals surface area (Å²) in [6.45, 7) is 2.57. The lowest BCUT2D eigenvalue weighted by Gasteiger charge is -2.09. The second-order valence-electron chi connectivity index (χ2n) is 6.25. The van der Waals surface area contributed by atoms with E-state index in [0.29, 0.717) is 16.3 Å². The monoisotopic (exact) mass is 436 g/mol. The van der Waals surface area contributed by atoms with E-state index in [1.807, 2.05) is 19.1 Å². The van der Waals surface area contributed by atoms with Gasteiger partial charge in [-0.15, -0.1) is 0 Å². The van der Waals surface area contributed by atoms with Crippen molar-refractivity contribution in [2.75, 3.05) is 18.5 Å². The van der Waals surface area contributed by atoms with Gasteiger partial charge in [0.15, 0.2) is 6.61 Å². The second-order valence-corrected chi connectivity index (χ2v) is 8.33. The van der Waals surface area contributed by atoms with Crippen molar-refractivity contribution in [2.24, 2.45) is 0 Å². The standard InChI is InChI=1S/C20H21ClN2O5S/c1-14-3-5-16(6-4-14)9-10-29(26,27)22-12-20(25)28-13-19(24)23-18-8-7-17(21)11-15(18)2/h3-11,22H,12-13H2,1-2H3,(H,23,24)/b10-9+. The zero-order valence-corrected chi connectivity index (χ0v) is 17.5. The highest BCUT2D eigenvalue weighted by Crippen LogP contribution is 2.19. The molecule has 9 heteroatoms. The summed E-state index contributed by atoms with van der Waals surface area (Å²) in [6.07, 6.45) is 1.41. The van der Waals surface area contributed by atoms with Crippen LogP contribution in [0.4, 0.5) is 5.69 Å². The fraction of sp³-hybridized carbons (Fsp3) is 0.200. The summed E-state index contributed by atoms with van der Waals surface area (Å²) in [5, 5.41) is 4.08. The molecule has 2 rings (SSSR count). The van der Waals surface area contributed by atoms with Crippen LogP contribution in [0.25, 0.3) is 6.08 Å². The van der Waals surface area contributed by atoms with E-state index >= 15 is 0 Å². The van der Waals surface area contributed by atoms with E-state index in [4.69, 9.17) is 16.3 Å². The van der Waals surface area contributed by atoms with E-state index in [1.165, 1.54) is 6.08 Å². The molecule has 0 heterocycles. The molecular weight excluding hydrogens is 416 g/mol. The minimum absolute atomic E-state index is 0.538. The lowest BCUT2D eigenvalue weighted by Crippen LogP contribution is -2.31. The zero-order chi connectivity index (χ0) is 21.4. The van der Waals surface area contributed by atoms with Crippen molar-refractivity contribution in [3.63, 3.8) is 0 Å². The molecule has 0 aliphatic heterocycles. The molecule has 0 aliphatic carbocycles. The molecule has 2 aromatic carbocycles. The van der Waals surface area contributed by atoms with Crippen molar-refractivity contribution in [1.29, 1.82) is 0 Å². The zero-order valence-electron chi connectivity index (χ0n) is 15.9. The van der Waals surface area contributed by atoms with Crippen molar-refractivity contribution in [1.82, 2.24) is 4.72 Å². The van der Waals surface area contributed by atoms with Gasteiger partial charge in [0, 0.05) is 16.1 Å². The second kappa shape index (κ2) is 10.2. The average Bonchev–Trinajstić information content (AvgIpc) is 2.67. The molecule has 0 aromatic heterocycles. The smallest absolute Gasteiger partial charge is 0.321 e. The summed E-state index contributed by atoms with van der Waals surface area (Å²) in [7, 11) is -3.83. The predicted octanol–water partition coefficient (Wildman–Crippen LogP) is 3.03. The third-order valence-electron chi connectivity index (χ3n) is 3.76. The Labute approximate surface area is 174 Å². The van der Waals surface area contributed by atoms with Crippen molar-refractivity contribution in [3.8, 4) is 0 Å². The Balaban J connectivity index is 1.78. The first-order valence-corrected chi connectivity index (χ1v) is 10.5. The maximum absolute atomic E-state index is 11.9. The summed E-state index contributed by atoms with van der Waals surface area (Å²) in [5.41, 5.74) is 3.06. The van der Waals surface area contributed by atoms with Crippen molar-refractivity contribution in [2.45, 2.75) is 13.8 Å². The highest BCUT2D eigenvalue weighted by molar-refractivity contribution is 7.92. The number of hydrogen-bond acceptors (Lipinski definition) is 5. The molecule has 2 aromatic rings. The molecule has 2 N–H and O–H groups in total. The Bertz CT molecular complexity index is 1020. The first-order chi connectivity index (χ1) is 13.6. The fourth-order valence-electron chi connectivity index (χ4n) is 2.20. The molecule has 7 nitrogen and oxygen atoms in total. The van der Waals surface area contributed by atoms with Crippen molar-refractivity contribution >= 4 is 45.3 Å². The van der Waals surface area contributed by atoms with Gasteiger partial charge in [0.05, 0.1) is 0 Å². The average molecular weight is 437 g/mol. The molecule has 29 heavy (non-hydrogen) atoms. The van der Waals surface area contributed by atoms with Crippen LogP contribution < -0.4 is 10.0 Å². The van der Waals surface area contributed by atoms with Gasteiger partial charge < -0.3 is 10.1 Å². The van der Waals surface area contributed by atoms with Crippen LogP contribution in [0.2, 0.25) is 5.02 Å². The number of halogens is 1. The van der Waals surface area contributed by atoms with Crippen LogP contribution in [0, 0.1) is 13.8 Å². The first-order valence-electron chi connectivity index (χ1n) is 8.61. The number of ether oxygens (including phenoxy) is 1. The first kappa shape index (κ1) is 22.6. The molecule has 0 saturated heterocycles. The van der Waals surface area contributed by atoms with Gasteiger partial charge in [-0.25, -0.2) is 13.1 Å². The van der Waals surface area contributed by atoms with Gasteiger partial charge >= 0.3 is 5.97 Å². The Morgan fingerprint density at radius 2 is 1.79 bits per heavy atom. The van der Waals surface area contributed by atoms with Gasteiger partial charge in [-0.1, -0.05) is 41.4 Å². The highest BCUT2D eigenvalue weighted by Gasteiger charge is 2.12. The Kier molecular flexibility index (Phi) is 7.95. The number of nitrogens with one attached hydrogen (secondary N) is 2. The van der Waals surface area contributed by atoms with Crippen molar-refractivity contribution < 1.29 is 22.7 Å². The minimum atomic E-state index is -3.83. The molecule has 154 valence electrons. The number of amides is 1. The maximum atomic E-state index is 11.9. The third-order valence-corrected chi connectivity index (χ3v) is 5.04. The van der Waals surface area contributed by atoms with Crippen LogP contribution in [-0.4, -0.2) is 33.4 Å². The third kappa shape index (κ3) is 8.06. The highest BCUT2D eigenvalue weighted by atomic mass is 35.5. The van der Waals surface area contributed by atoms with Crippen LogP contribution in [0.15, 0.2) is 47.9 Å². The van der Waals surface area contributed by atoms with E-state index in [9.17, 15) is 18.0 Å². The topological polar surface area (TPSA) is 102 Å². The normalized spacial score (nSPS) is 11.4. The maximum Gasteiger partial charge on any atom is 0.321 e. The number of carbonyl (C=O) groups excluding carboxylic acids is 2. The van der Waals surface area contributed by atoms with Crippen molar-refractivity contribution in [3.05, 3.63) is 69.6 Å². The quantitative estimate of drug-likeness (QED) is 0.619. The summed E-state index contributed by atoms with van der Waals surface area (Å²) in [6, 6.07) is 12.2. The number of esters is 1. The van der Waals surface area contributed by atoms with Crippen LogP contribution in [0.3, 0.4) is 0 Å². The molecule has 0 spiro atoms. The number of benzene rings is 2. The predicted molar refractivity (Wildman–Crippen MR) is 113 cm³/mol. The van der Waals surface area contributed by atoms with E-state index in [0.717, 1.165) is 16.5 Å². The van der Waals surface area contributed by atoms with Gasteiger partial charge in [-0.3, -0.25) is 9.59 Å². The molecule has 0 aliphatic rings. The van der Waals surface area contributed by atoms with E-state index in [1.54, 1.807) is 37.3 Å². The summed E-state index contributed by atoms with van der Waals surface area (Å²) >= 11 is 5.85. The number of hydrogen-bond donors (Lipinski definition) is 2. The number of carbonyl (C=O) groups is 2. The van der Waals surface area contributed by atoms with E-state index < -0.39 is 35.1 Å². The molecule has 0 atom stereocenters. The molecular formula is C20H21ClN2O5S. The molecule has 1 amide bonds. The number of anilines is 1. The summed E-state index contributed by atoms with van der Waals surface area (Å²) < 4.78 is 30.7. The largest absolute Gasteiger partial charge is 0.455 e. The number of sulfonamides is 1. The van der Waals surface area contributed by atoms with Crippen LogP contribution in [0.1, 0.15) is 16.7 Å². The molecule has 0 radical (unpaired) electrons. The lowest BCUT2D eigenvalue weighted by atomic mass is 10.2. The SMILES string of the molecule is Cc1ccc(/C=C/S(=O)(=O)NCC(=O)OCC(=O)Nc2ccc(Cl)cc2C)cc1. The Morgan fingerprint density at radius 1 is 1.10 bits per heavy atom. The summed E-state index contributed by atoms with van der Waals surface area (Å²) in [5.74, 6) is -1.42. The molecule has 0 unspecified atom stereocenters. The van der Waals surface area contributed by atoms with E-state index in [2.05, 4.69) is 10.0 Å². The van der Waals surface area contributed by atoms with Gasteiger partial charge in [0.25, 0.3) is 5.91 Å². The molecule has 0 fully saturated rings. The lowest BCUT2D eigenvalue weighted by molar-refractivity contribution is -0.146. The van der Waals surface area contributed by atoms with Gasteiger partial charge in [0.1, 0.15) is 6.54 Å². The van der Waals surface area contributed by atoms with Crippen LogP contribution in [0.5, 0.6) is 0 Å². The van der Waals surface area contributed by atoms with Crippen LogP contribution in [-0.2, 0) is 24.3 Å². The summed E-state index contributed by atoms with van der Waals surface area (Å²) in [4.78, 5) is 23.6. The minimum Gasteiger partial charge on any atom is -0.455 e. The Hall–Kier alpha value is -2.68. The van der Waals surface area contributed by atoms with Gasteiger partial charge in [-0.05, 0) is 49.2 Å². The van der Waals surface area contributed by atoms with Gasteiger partial charge in [-0.2, -0.15) is 0 Å². The van der Waals surface area contributed by atoms with Gasteiger partial charge in [0.2, 0.25) is 10.0 Å².